The zero-order chi connectivity index (χ0) is 12.0. The summed E-state index contributed by atoms with van der Waals surface area (Å²) in [6, 6.07) is 3.94. The van der Waals surface area contributed by atoms with Crippen molar-refractivity contribution in [2.24, 2.45) is 5.92 Å². The number of carboxylic acid groups (broad SMARTS) is 1. The van der Waals surface area contributed by atoms with Gasteiger partial charge in [-0.05, 0) is 24.3 Å². The second-order valence-corrected chi connectivity index (χ2v) is 4.45. The Bertz CT molecular complexity index is 348. The summed E-state index contributed by atoms with van der Waals surface area (Å²) in [5, 5.41) is 13.4. The van der Waals surface area contributed by atoms with Crippen LogP contribution in [0.25, 0.3) is 0 Å². The van der Waals surface area contributed by atoms with Crippen molar-refractivity contribution < 1.29 is 14.7 Å². The van der Waals surface area contributed by atoms with E-state index in [2.05, 4.69) is 5.32 Å². The molecule has 0 bridgehead atoms. The number of rotatable bonds is 6. The first-order valence-corrected chi connectivity index (χ1v) is 6.06. The third kappa shape index (κ3) is 3.66. The molecule has 0 saturated heterocycles. The van der Waals surface area contributed by atoms with E-state index < -0.39 is 17.8 Å². The number of carboxylic acids is 1. The molecule has 1 heterocycles. The van der Waals surface area contributed by atoms with Gasteiger partial charge < -0.3 is 10.4 Å². The molecule has 0 aliphatic carbocycles. The largest absolute Gasteiger partial charge is 0.481 e. The maximum Gasteiger partial charge on any atom is 0.316 e. The third-order valence-electron chi connectivity index (χ3n) is 2.27. The molecule has 88 valence electrons. The number of nitrogens with one attached hydrogen (secondary N) is 1. The zero-order valence-corrected chi connectivity index (χ0v) is 9.92. The van der Waals surface area contributed by atoms with Crippen LogP contribution >= 0.6 is 11.3 Å². The molecule has 0 aliphatic rings. The van der Waals surface area contributed by atoms with E-state index in [0.717, 1.165) is 6.42 Å². The summed E-state index contributed by atoms with van der Waals surface area (Å²) in [7, 11) is 0. The van der Waals surface area contributed by atoms with E-state index in [1.54, 1.807) is 18.3 Å². The Morgan fingerprint density at radius 3 is 2.81 bits per heavy atom. The molecule has 5 heteroatoms. The smallest absolute Gasteiger partial charge is 0.316 e. The molecule has 2 N–H and O–H groups in total. The molecule has 1 atom stereocenters. The van der Waals surface area contributed by atoms with Gasteiger partial charge in [0.05, 0.1) is 0 Å². The van der Waals surface area contributed by atoms with Crippen molar-refractivity contribution in [3.05, 3.63) is 22.4 Å². The molecule has 16 heavy (non-hydrogen) atoms. The van der Waals surface area contributed by atoms with E-state index in [0.29, 0.717) is 13.0 Å². The number of thiophene rings is 1. The Balaban J connectivity index is 2.32. The Kier molecular flexibility index (Phi) is 4.98. The predicted molar refractivity (Wildman–Crippen MR) is 62.4 cm³/mol. The second-order valence-electron chi connectivity index (χ2n) is 3.42. The number of amides is 1. The Morgan fingerprint density at radius 1 is 1.56 bits per heavy atom. The highest BCUT2D eigenvalue weighted by atomic mass is 32.1. The van der Waals surface area contributed by atoms with Gasteiger partial charge in [-0.15, -0.1) is 11.3 Å². The minimum atomic E-state index is -1.06. The standard InChI is InChI=1S/C11H15NO3S/c1-2-9(11(14)15)10(13)12-6-5-8-4-3-7-16-8/h3-4,7,9H,2,5-6H2,1H3,(H,12,13)(H,14,15). The van der Waals surface area contributed by atoms with E-state index in [9.17, 15) is 9.59 Å². The second kappa shape index (κ2) is 6.27. The average molecular weight is 241 g/mol. The van der Waals surface area contributed by atoms with E-state index in [1.165, 1.54) is 4.88 Å². The van der Waals surface area contributed by atoms with Gasteiger partial charge in [-0.3, -0.25) is 9.59 Å². The van der Waals surface area contributed by atoms with Gasteiger partial charge in [-0.25, -0.2) is 0 Å². The summed E-state index contributed by atoms with van der Waals surface area (Å²) in [4.78, 5) is 23.3. The van der Waals surface area contributed by atoms with Crippen LogP contribution in [-0.2, 0) is 16.0 Å². The number of carbonyl (C=O) groups excluding carboxylic acids is 1. The lowest BCUT2D eigenvalue weighted by atomic mass is 10.1. The maximum absolute atomic E-state index is 11.5. The number of aliphatic carboxylic acids is 1. The number of carbonyl (C=O) groups is 2. The summed E-state index contributed by atoms with van der Waals surface area (Å²) in [6.45, 7) is 2.18. The van der Waals surface area contributed by atoms with Crippen molar-refractivity contribution in [1.82, 2.24) is 5.32 Å². The van der Waals surface area contributed by atoms with Crippen LogP contribution in [0.1, 0.15) is 18.2 Å². The molecule has 1 rings (SSSR count). The molecule has 4 nitrogen and oxygen atoms in total. The molecule has 1 amide bonds. The lowest BCUT2D eigenvalue weighted by Crippen LogP contribution is -2.36. The molecular weight excluding hydrogens is 226 g/mol. The molecule has 0 spiro atoms. The van der Waals surface area contributed by atoms with Gasteiger partial charge in [-0.1, -0.05) is 13.0 Å². The first-order valence-electron chi connectivity index (χ1n) is 5.18. The highest BCUT2D eigenvalue weighted by Gasteiger charge is 2.23. The summed E-state index contributed by atoms with van der Waals surface area (Å²) in [5.41, 5.74) is 0. The zero-order valence-electron chi connectivity index (χ0n) is 9.10. The first-order chi connectivity index (χ1) is 7.65. The summed E-state index contributed by atoms with van der Waals surface area (Å²) in [6.07, 6.45) is 1.07. The minimum Gasteiger partial charge on any atom is -0.481 e. The third-order valence-corrected chi connectivity index (χ3v) is 3.21. The fourth-order valence-electron chi connectivity index (χ4n) is 1.36. The van der Waals surface area contributed by atoms with Crippen LogP contribution < -0.4 is 5.32 Å². The maximum atomic E-state index is 11.5. The van der Waals surface area contributed by atoms with Crippen molar-refractivity contribution in [2.75, 3.05) is 6.54 Å². The molecule has 0 fully saturated rings. The molecule has 0 saturated carbocycles. The van der Waals surface area contributed by atoms with E-state index in [1.807, 2.05) is 17.5 Å². The molecule has 0 radical (unpaired) electrons. The van der Waals surface area contributed by atoms with Crippen molar-refractivity contribution >= 4 is 23.2 Å². The fourth-order valence-corrected chi connectivity index (χ4v) is 2.07. The number of hydrogen-bond donors (Lipinski definition) is 2. The molecule has 0 aromatic carbocycles. The normalized spacial score (nSPS) is 12.1. The molecule has 1 aromatic rings. The predicted octanol–water partition coefficient (Wildman–Crippen LogP) is 1.52. The van der Waals surface area contributed by atoms with E-state index in [4.69, 9.17) is 5.11 Å². The van der Waals surface area contributed by atoms with Crippen LogP contribution in [0.5, 0.6) is 0 Å². The van der Waals surface area contributed by atoms with Gasteiger partial charge in [0.25, 0.3) is 0 Å². The Labute approximate surface area is 98.3 Å². The van der Waals surface area contributed by atoms with Crippen LogP contribution in [0.15, 0.2) is 17.5 Å². The van der Waals surface area contributed by atoms with Gasteiger partial charge in [0.2, 0.25) is 5.91 Å². The van der Waals surface area contributed by atoms with Gasteiger partial charge in [0, 0.05) is 11.4 Å². The van der Waals surface area contributed by atoms with Crippen LogP contribution in [0.3, 0.4) is 0 Å². The molecule has 0 aliphatic heterocycles. The van der Waals surface area contributed by atoms with Gasteiger partial charge >= 0.3 is 5.97 Å². The van der Waals surface area contributed by atoms with Gasteiger partial charge in [-0.2, -0.15) is 0 Å². The fraction of sp³-hybridized carbons (Fsp3) is 0.455. The average Bonchev–Trinajstić information content (AvgIpc) is 2.71. The van der Waals surface area contributed by atoms with Crippen molar-refractivity contribution in [3.8, 4) is 0 Å². The first kappa shape index (κ1) is 12.7. The van der Waals surface area contributed by atoms with E-state index >= 15 is 0 Å². The SMILES string of the molecule is CCC(C(=O)O)C(=O)NCCc1cccs1. The topological polar surface area (TPSA) is 66.4 Å². The van der Waals surface area contributed by atoms with Crippen LogP contribution in [0.2, 0.25) is 0 Å². The quantitative estimate of drug-likeness (QED) is 0.742. The minimum absolute atomic E-state index is 0.320. The lowest BCUT2D eigenvalue weighted by Gasteiger charge is -2.09. The van der Waals surface area contributed by atoms with Crippen molar-refractivity contribution in [1.29, 1.82) is 0 Å². The lowest BCUT2D eigenvalue weighted by molar-refractivity contribution is -0.147. The highest BCUT2D eigenvalue weighted by molar-refractivity contribution is 7.09. The Hall–Kier alpha value is -1.36. The van der Waals surface area contributed by atoms with Crippen molar-refractivity contribution in [3.63, 3.8) is 0 Å². The van der Waals surface area contributed by atoms with Crippen LogP contribution in [0.4, 0.5) is 0 Å². The summed E-state index contributed by atoms with van der Waals surface area (Å²) >= 11 is 1.63. The Morgan fingerprint density at radius 2 is 2.31 bits per heavy atom. The highest BCUT2D eigenvalue weighted by Crippen LogP contribution is 2.08. The van der Waals surface area contributed by atoms with Gasteiger partial charge in [0.15, 0.2) is 0 Å². The summed E-state index contributed by atoms with van der Waals surface area (Å²) in [5.74, 6) is -2.38. The van der Waals surface area contributed by atoms with Gasteiger partial charge in [0.1, 0.15) is 5.92 Å². The monoisotopic (exact) mass is 241 g/mol. The van der Waals surface area contributed by atoms with E-state index in [-0.39, 0.29) is 0 Å². The molecule has 1 unspecified atom stereocenters. The number of hydrogen-bond acceptors (Lipinski definition) is 3. The molecular formula is C11H15NO3S. The van der Waals surface area contributed by atoms with Crippen molar-refractivity contribution in [2.45, 2.75) is 19.8 Å². The van der Waals surface area contributed by atoms with Crippen LogP contribution in [0, 0.1) is 5.92 Å². The summed E-state index contributed by atoms with van der Waals surface area (Å²) < 4.78 is 0. The van der Waals surface area contributed by atoms with Crippen LogP contribution in [-0.4, -0.2) is 23.5 Å². The molecule has 1 aromatic heterocycles.